The van der Waals surface area contributed by atoms with Crippen molar-refractivity contribution in [3.8, 4) is 0 Å². The first-order valence-corrected chi connectivity index (χ1v) is 5.53. The zero-order valence-electron chi connectivity index (χ0n) is 8.86. The lowest BCUT2D eigenvalue weighted by Crippen LogP contribution is -2.33. The Bertz CT molecular complexity index is 349. The number of hydrogen-bond donors (Lipinski definition) is 2. The Hall–Kier alpha value is -1.06. The van der Waals surface area contributed by atoms with Crippen LogP contribution >= 0.6 is 0 Å². The quantitative estimate of drug-likeness (QED) is 0.766. The van der Waals surface area contributed by atoms with Gasteiger partial charge in [-0.1, -0.05) is 12.1 Å². The molecular formula is C12H16N2O. The maximum absolute atomic E-state index is 5.94. The molecule has 2 bridgehead atoms. The average Bonchev–Trinajstić information content (AvgIpc) is 2.91. The Morgan fingerprint density at radius 1 is 1.33 bits per heavy atom. The van der Waals surface area contributed by atoms with Gasteiger partial charge < -0.3 is 15.4 Å². The second-order valence-electron chi connectivity index (χ2n) is 4.30. The van der Waals surface area contributed by atoms with Crippen molar-refractivity contribution in [3.05, 3.63) is 29.8 Å². The zero-order chi connectivity index (χ0) is 10.3. The van der Waals surface area contributed by atoms with E-state index in [1.807, 2.05) is 7.05 Å². The summed E-state index contributed by atoms with van der Waals surface area (Å²) in [5.41, 5.74) is 2.43. The van der Waals surface area contributed by atoms with Crippen LogP contribution in [0.2, 0.25) is 0 Å². The summed E-state index contributed by atoms with van der Waals surface area (Å²) in [7, 11) is 1.94. The normalized spacial score (nSPS) is 33.3. The Kier molecular flexibility index (Phi) is 2.15. The number of nitrogens with one attached hydrogen (secondary N) is 2. The van der Waals surface area contributed by atoms with E-state index in [0.29, 0.717) is 12.1 Å². The maximum atomic E-state index is 5.94. The Morgan fingerprint density at radius 3 is 2.67 bits per heavy atom. The molecule has 2 saturated heterocycles. The molecule has 1 aromatic rings. The van der Waals surface area contributed by atoms with Crippen molar-refractivity contribution in [1.29, 1.82) is 0 Å². The molecule has 0 amide bonds. The molecule has 2 unspecified atom stereocenters. The van der Waals surface area contributed by atoms with Gasteiger partial charge in [0.2, 0.25) is 0 Å². The Balaban J connectivity index is 1.81. The highest BCUT2D eigenvalue weighted by Gasteiger charge is 2.40. The summed E-state index contributed by atoms with van der Waals surface area (Å²) < 4.78 is 5.94. The predicted molar refractivity (Wildman–Crippen MR) is 60.0 cm³/mol. The van der Waals surface area contributed by atoms with Crippen LogP contribution in [0.5, 0.6) is 0 Å². The number of anilines is 1. The van der Waals surface area contributed by atoms with Crippen molar-refractivity contribution < 1.29 is 4.74 Å². The van der Waals surface area contributed by atoms with Gasteiger partial charge in [0.15, 0.2) is 0 Å². The number of rotatable bonds is 2. The SMILES string of the molecule is CNc1ccc(C2O[C@H]3CNC2C3)cc1. The van der Waals surface area contributed by atoms with Crippen molar-refractivity contribution >= 4 is 5.69 Å². The summed E-state index contributed by atoms with van der Waals surface area (Å²) >= 11 is 0. The molecule has 3 heteroatoms. The van der Waals surface area contributed by atoms with Gasteiger partial charge in [-0.3, -0.25) is 0 Å². The van der Waals surface area contributed by atoms with Crippen LogP contribution in [0.4, 0.5) is 5.69 Å². The van der Waals surface area contributed by atoms with Gasteiger partial charge in [0.1, 0.15) is 0 Å². The summed E-state index contributed by atoms with van der Waals surface area (Å²) in [4.78, 5) is 0. The third kappa shape index (κ3) is 1.52. The Labute approximate surface area is 89.8 Å². The van der Waals surface area contributed by atoms with Crippen LogP contribution in [0.15, 0.2) is 24.3 Å². The number of fused-ring (bicyclic) bond motifs is 2. The monoisotopic (exact) mass is 204 g/mol. The number of benzene rings is 1. The molecule has 15 heavy (non-hydrogen) atoms. The molecule has 3 atom stereocenters. The first kappa shape index (κ1) is 9.19. The molecule has 0 aliphatic carbocycles. The van der Waals surface area contributed by atoms with E-state index in [-0.39, 0.29) is 6.10 Å². The smallest absolute Gasteiger partial charge is 0.0983 e. The fourth-order valence-corrected chi connectivity index (χ4v) is 2.52. The summed E-state index contributed by atoms with van der Waals surface area (Å²) in [5, 5.41) is 6.61. The highest BCUT2D eigenvalue weighted by Crippen LogP contribution is 2.36. The highest BCUT2D eigenvalue weighted by molar-refractivity contribution is 5.44. The second kappa shape index (κ2) is 3.51. The summed E-state index contributed by atoms with van der Waals surface area (Å²) in [5.74, 6) is 0. The standard InChI is InChI=1S/C12H16N2O/c1-13-9-4-2-8(3-5-9)12-11-6-10(15-12)7-14-11/h2-5,10-14H,6-7H2,1H3/t10-,11?,12?/m1/s1. The molecule has 2 fully saturated rings. The van der Waals surface area contributed by atoms with Crippen molar-refractivity contribution in [1.82, 2.24) is 5.32 Å². The minimum absolute atomic E-state index is 0.259. The molecule has 0 saturated carbocycles. The van der Waals surface area contributed by atoms with Gasteiger partial charge in [-0.25, -0.2) is 0 Å². The van der Waals surface area contributed by atoms with Crippen molar-refractivity contribution in [3.63, 3.8) is 0 Å². The summed E-state index contributed by atoms with van der Waals surface area (Å²) in [6.07, 6.45) is 1.86. The number of ether oxygens (including phenoxy) is 1. The van der Waals surface area contributed by atoms with Crippen LogP contribution in [0.3, 0.4) is 0 Å². The minimum atomic E-state index is 0.259. The molecule has 0 radical (unpaired) electrons. The molecular weight excluding hydrogens is 188 g/mol. The lowest BCUT2D eigenvalue weighted by Gasteiger charge is -2.23. The van der Waals surface area contributed by atoms with E-state index in [0.717, 1.165) is 12.2 Å². The third-order valence-electron chi connectivity index (χ3n) is 3.36. The molecule has 0 spiro atoms. The average molecular weight is 204 g/mol. The van der Waals surface area contributed by atoms with Crippen LogP contribution in [-0.4, -0.2) is 25.7 Å². The molecule has 80 valence electrons. The second-order valence-corrected chi connectivity index (χ2v) is 4.30. The molecule has 2 aliphatic heterocycles. The summed E-state index contributed by atoms with van der Waals surface area (Å²) in [6.45, 7) is 1.02. The zero-order valence-corrected chi connectivity index (χ0v) is 8.86. The van der Waals surface area contributed by atoms with E-state index in [2.05, 4.69) is 34.9 Å². The molecule has 2 heterocycles. The van der Waals surface area contributed by atoms with Crippen molar-refractivity contribution in [2.75, 3.05) is 18.9 Å². The first-order valence-electron chi connectivity index (χ1n) is 5.53. The van der Waals surface area contributed by atoms with E-state index in [4.69, 9.17) is 4.74 Å². The molecule has 2 aliphatic rings. The van der Waals surface area contributed by atoms with Crippen LogP contribution in [0, 0.1) is 0 Å². The molecule has 3 nitrogen and oxygen atoms in total. The van der Waals surface area contributed by atoms with Gasteiger partial charge in [-0.15, -0.1) is 0 Å². The fourth-order valence-electron chi connectivity index (χ4n) is 2.52. The van der Waals surface area contributed by atoms with Crippen molar-refractivity contribution in [2.24, 2.45) is 0 Å². The van der Waals surface area contributed by atoms with Gasteiger partial charge in [-0.2, -0.15) is 0 Å². The van der Waals surface area contributed by atoms with E-state index in [1.165, 1.54) is 12.0 Å². The van der Waals surface area contributed by atoms with Gasteiger partial charge >= 0.3 is 0 Å². The Morgan fingerprint density at radius 2 is 2.13 bits per heavy atom. The molecule has 2 N–H and O–H groups in total. The van der Waals surface area contributed by atoms with Crippen LogP contribution in [0.25, 0.3) is 0 Å². The van der Waals surface area contributed by atoms with E-state index in [9.17, 15) is 0 Å². The topological polar surface area (TPSA) is 33.3 Å². The maximum Gasteiger partial charge on any atom is 0.0983 e. The van der Waals surface area contributed by atoms with Crippen molar-refractivity contribution in [2.45, 2.75) is 24.7 Å². The molecule has 0 aromatic heterocycles. The van der Waals surface area contributed by atoms with Gasteiger partial charge in [0.05, 0.1) is 12.2 Å². The van der Waals surface area contributed by atoms with Crippen LogP contribution in [-0.2, 0) is 4.74 Å². The largest absolute Gasteiger partial charge is 0.388 e. The fraction of sp³-hybridized carbons (Fsp3) is 0.500. The van der Waals surface area contributed by atoms with E-state index in [1.54, 1.807) is 0 Å². The summed E-state index contributed by atoms with van der Waals surface area (Å²) in [6, 6.07) is 9.03. The highest BCUT2D eigenvalue weighted by atomic mass is 16.5. The lowest BCUT2D eigenvalue weighted by atomic mass is 10.0. The van der Waals surface area contributed by atoms with Gasteiger partial charge in [0, 0.05) is 25.3 Å². The van der Waals surface area contributed by atoms with E-state index >= 15 is 0 Å². The number of morpholine rings is 1. The number of hydrogen-bond acceptors (Lipinski definition) is 3. The van der Waals surface area contributed by atoms with E-state index < -0.39 is 0 Å². The van der Waals surface area contributed by atoms with Crippen LogP contribution < -0.4 is 10.6 Å². The lowest BCUT2D eigenvalue weighted by molar-refractivity contribution is 0.0160. The van der Waals surface area contributed by atoms with Gasteiger partial charge in [0.25, 0.3) is 0 Å². The molecule has 1 aromatic carbocycles. The molecule has 3 rings (SSSR count). The third-order valence-corrected chi connectivity index (χ3v) is 3.36. The van der Waals surface area contributed by atoms with Gasteiger partial charge in [-0.05, 0) is 24.1 Å². The first-order chi connectivity index (χ1) is 7.36. The van der Waals surface area contributed by atoms with Crippen LogP contribution in [0.1, 0.15) is 18.1 Å². The predicted octanol–water partition coefficient (Wildman–Crippen LogP) is 1.53. The minimum Gasteiger partial charge on any atom is -0.388 e.